The van der Waals surface area contributed by atoms with Crippen LogP contribution in [0.2, 0.25) is 0 Å². The van der Waals surface area contributed by atoms with E-state index in [2.05, 4.69) is 25.8 Å². The largest absolute Gasteiger partial charge is 0.481 e. The number of rotatable bonds is 7. The van der Waals surface area contributed by atoms with Gasteiger partial charge in [-0.25, -0.2) is 0 Å². The van der Waals surface area contributed by atoms with Gasteiger partial charge in [-0.3, -0.25) is 19.4 Å². The Hall–Kier alpha value is -2.24. The van der Waals surface area contributed by atoms with Gasteiger partial charge in [0.15, 0.2) is 5.78 Å². The lowest BCUT2D eigenvalue weighted by Gasteiger charge is -2.42. The lowest BCUT2D eigenvalue weighted by Crippen LogP contribution is -2.43. The normalized spacial score (nSPS) is 34.8. The summed E-state index contributed by atoms with van der Waals surface area (Å²) in [7, 11) is 0. The van der Waals surface area contributed by atoms with Crippen LogP contribution in [0.25, 0.3) is 0 Å². The predicted molar refractivity (Wildman–Crippen MR) is 103 cm³/mol. The highest BCUT2D eigenvalue weighted by Crippen LogP contribution is 2.73. The molecule has 0 amide bonds. The van der Waals surface area contributed by atoms with Crippen LogP contribution in [0, 0.1) is 34.5 Å². The van der Waals surface area contributed by atoms with E-state index in [1.807, 2.05) is 0 Å². The third-order valence-electron chi connectivity index (χ3n) is 7.17. The topological polar surface area (TPSA) is 105 Å². The van der Waals surface area contributed by atoms with Crippen molar-refractivity contribution in [3.63, 3.8) is 0 Å². The van der Waals surface area contributed by atoms with Gasteiger partial charge in [0.25, 0.3) is 0 Å². The fourth-order valence-corrected chi connectivity index (χ4v) is 5.58. The maximum absolute atomic E-state index is 12.8. The predicted octanol–water partition coefficient (Wildman–Crippen LogP) is 3.91. The molecular weight excluding hydrogens is 358 g/mol. The van der Waals surface area contributed by atoms with Crippen molar-refractivity contribution in [1.82, 2.24) is 4.98 Å². The number of hydrogen-bond donors (Lipinski definition) is 2. The molecule has 2 N–H and O–H groups in total. The van der Waals surface area contributed by atoms with E-state index in [-0.39, 0.29) is 36.3 Å². The van der Waals surface area contributed by atoms with Crippen LogP contribution in [-0.4, -0.2) is 32.9 Å². The summed E-state index contributed by atoms with van der Waals surface area (Å²) in [4.78, 5) is 41.6. The monoisotopic (exact) mass is 387 g/mol. The number of aromatic nitrogens is 1. The first kappa shape index (κ1) is 20.5. The van der Waals surface area contributed by atoms with Crippen molar-refractivity contribution in [2.45, 2.75) is 52.9 Å². The van der Waals surface area contributed by atoms with Gasteiger partial charge < -0.3 is 10.2 Å². The third kappa shape index (κ3) is 3.12. The Morgan fingerprint density at radius 2 is 1.89 bits per heavy atom. The van der Waals surface area contributed by atoms with Gasteiger partial charge in [0, 0.05) is 12.6 Å². The van der Waals surface area contributed by atoms with Crippen LogP contribution in [0.3, 0.4) is 0 Å². The summed E-state index contributed by atoms with van der Waals surface area (Å²) >= 11 is 0. The molecular formula is C22H29NO5. The molecule has 2 aliphatic rings. The second-order valence-corrected chi connectivity index (χ2v) is 9.09. The number of carbonyl (C=O) groups is 3. The van der Waals surface area contributed by atoms with Crippen molar-refractivity contribution in [3.8, 4) is 0 Å². The van der Waals surface area contributed by atoms with Gasteiger partial charge in [-0.1, -0.05) is 33.3 Å². The second kappa shape index (κ2) is 7.30. The smallest absolute Gasteiger partial charge is 0.311 e. The summed E-state index contributed by atoms with van der Waals surface area (Å²) in [6, 6.07) is 4.89. The van der Waals surface area contributed by atoms with E-state index < -0.39 is 28.6 Å². The molecule has 0 aliphatic heterocycles. The highest BCUT2D eigenvalue weighted by Gasteiger charge is 2.80. The number of carbonyl (C=O) groups excluding carboxylic acids is 1. The number of Topliss-reactive ketones (excluding diaryl/α,β-unsaturated/α-hetero) is 1. The molecule has 2 aliphatic carbocycles. The lowest BCUT2D eigenvalue weighted by molar-refractivity contribution is -0.158. The first-order valence-corrected chi connectivity index (χ1v) is 10.1. The molecule has 0 bridgehead atoms. The summed E-state index contributed by atoms with van der Waals surface area (Å²) < 4.78 is 0. The molecule has 152 valence electrons. The van der Waals surface area contributed by atoms with E-state index in [9.17, 15) is 24.6 Å². The lowest BCUT2D eigenvalue weighted by atomic mass is 9.61. The van der Waals surface area contributed by atoms with Gasteiger partial charge >= 0.3 is 11.9 Å². The Labute approximate surface area is 165 Å². The molecule has 1 aromatic heterocycles. The van der Waals surface area contributed by atoms with Crippen LogP contribution in [0.1, 0.15) is 63.4 Å². The van der Waals surface area contributed by atoms with Crippen LogP contribution >= 0.6 is 0 Å². The Morgan fingerprint density at radius 3 is 2.43 bits per heavy atom. The molecule has 3 rings (SSSR count). The molecule has 2 saturated carbocycles. The number of hydrogen-bond acceptors (Lipinski definition) is 4. The van der Waals surface area contributed by atoms with Gasteiger partial charge in [0.1, 0.15) is 5.69 Å². The third-order valence-corrected chi connectivity index (χ3v) is 7.17. The van der Waals surface area contributed by atoms with E-state index in [4.69, 9.17) is 0 Å². The molecule has 0 spiro atoms. The molecule has 6 heteroatoms. The first-order valence-electron chi connectivity index (χ1n) is 10.1. The zero-order valence-corrected chi connectivity index (χ0v) is 16.7. The Balaban J connectivity index is 1.99. The number of carboxylic acid groups (broad SMARTS) is 2. The van der Waals surface area contributed by atoms with E-state index in [0.29, 0.717) is 12.3 Å². The summed E-state index contributed by atoms with van der Waals surface area (Å²) in [6.45, 7) is 6.25. The average molecular weight is 387 g/mol. The van der Waals surface area contributed by atoms with Crippen molar-refractivity contribution in [3.05, 3.63) is 30.1 Å². The Morgan fingerprint density at radius 1 is 1.18 bits per heavy atom. The molecule has 0 saturated heterocycles. The summed E-state index contributed by atoms with van der Waals surface area (Å²) in [5.41, 5.74) is -2.75. The Kier molecular flexibility index (Phi) is 5.34. The maximum atomic E-state index is 12.8. The highest BCUT2D eigenvalue weighted by atomic mass is 16.4. The van der Waals surface area contributed by atoms with Crippen LogP contribution in [-0.2, 0) is 9.59 Å². The van der Waals surface area contributed by atoms with Crippen LogP contribution < -0.4 is 0 Å². The fraction of sp³-hybridized carbons (Fsp3) is 0.636. The molecule has 6 nitrogen and oxygen atoms in total. The molecule has 0 unspecified atom stereocenters. The van der Waals surface area contributed by atoms with Crippen LogP contribution in [0.5, 0.6) is 0 Å². The number of pyridine rings is 1. The molecule has 5 atom stereocenters. The van der Waals surface area contributed by atoms with Crippen LogP contribution in [0.4, 0.5) is 0 Å². The Bertz CT molecular complexity index is 776. The zero-order chi connectivity index (χ0) is 20.7. The van der Waals surface area contributed by atoms with Crippen LogP contribution in [0.15, 0.2) is 24.4 Å². The van der Waals surface area contributed by atoms with E-state index in [1.165, 1.54) is 6.20 Å². The van der Waals surface area contributed by atoms with Crippen molar-refractivity contribution >= 4 is 17.7 Å². The number of ketones is 1. The quantitative estimate of drug-likeness (QED) is 0.687. The van der Waals surface area contributed by atoms with Crippen molar-refractivity contribution < 1.29 is 24.6 Å². The van der Waals surface area contributed by atoms with E-state index in [0.717, 1.165) is 12.8 Å². The van der Waals surface area contributed by atoms with Gasteiger partial charge in [-0.2, -0.15) is 0 Å². The highest BCUT2D eigenvalue weighted by molar-refractivity contribution is 6.02. The molecule has 0 radical (unpaired) electrons. The zero-order valence-electron chi connectivity index (χ0n) is 16.7. The number of aliphatic carboxylic acids is 2. The second-order valence-electron chi connectivity index (χ2n) is 9.09. The number of nitrogens with zero attached hydrogens (tertiary/aromatic N) is 1. The van der Waals surface area contributed by atoms with E-state index >= 15 is 0 Å². The minimum atomic E-state index is -1.55. The average Bonchev–Trinajstić information content (AvgIpc) is 3.33. The van der Waals surface area contributed by atoms with Gasteiger partial charge in [0.05, 0.1) is 10.8 Å². The standard InChI is InChI=1S/C22H29NO5/c1-13(2)15-8-7-14(3)10-16(15)22(20(27)28)12-21(22,19(25)26)11-18(24)17-6-4-5-9-23-17/h4-6,9,13-16H,7-8,10-12H2,1-3H3,(H,25,26)(H,27,28)/t14-,15+,16-,21+,22-/m1/s1. The van der Waals surface area contributed by atoms with Gasteiger partial charge in [-0.05, 0) is 55.1 Å². The molecule has 0 aromatic carbocycles. The fourth-order valence-electron chi connectivity index (χ4n) is 5.58. The van der Waals surface area contributed by atoms with Crippen molar-refractivity contribution in [2.75, 3.05) is 0 Å². The number of carboxylic acids is 2. The molecule has 2 fully saturated rings. The SMILES string of the molecule is CC(C)[C@@H]1CC[C@@H](C)C[C@H]1[C@@]1(C(=O)O)C[C@@]1(CC(=O)c1ccccn1)C(=O)O. The molecule has 1 heterocycles. The summed E-state index contributed by atoms with van der Waals surface area (Å²) in [6.07, 6.45) is 3.81. The summed E-state index contributed by atoms with van der Waals surface area (Å²) in [5, 5.41) is 20.3. The minimum absolute atomic E-state index is 0.0177. The minimum Gasteiger partial charge on any atom is -0.481 e. The van der Waals surface area contributed by atoms with Crippen molar-refractivity contribution in [2.24, 2.45) is 34.5 Å². The van der Waals surface area contributed by atoms with E-state index in [1.54, 1.807) is 18.2 Å². The molecule has 1 aromatic rings. The van der Waals surface area contributed by atoms with Gasteiger partial charge in [-0.15, -0.1) is 0 Å². The van der Waals surface area contributed by atoms with Gasteiger partial charge in [0.2, 0.25) is 0 Å². The summed E-state index contributed by atoms with van der Waals surface area (Å²) in [5.74, 6) is -2.12. The molecule has 28 heavy (non-hydrogen) atoms. The maximum Gasteiger partial charge on any atom is 0.311 e. The van der Waals surface area contributed by atoms with Crippen molar-refractivity contribution in [1.29, 1.82) is 0 Å². The first-order chi connectivity index (χ1) is 13.2.